The van der Waals surface area contributed by atoms with Crippen molar-refractivity contribution in [3.8, 4) is 0 Å². The highest BCUT2D eigenvalue weighted by Gasteiger charge is 2.23. The van der Waals surface area contributed by atoms with Crippen molar-refractivity contribution < 1.29 is 13.2 Å². The van der Waals surface area contributed by atoms with Crippen molar-refractivity contribution in [2.45, 2.75) is 50.5 Å². The Bertz CT molecular complexity index is 628. The fraction of sp³-hybridized carbons (Fsp3) is 0.562. The minimum Gasteiger partial charge on any atom is -0.349 e. The molecule has 22 heavy (non-hydrogen) atoms. The molecule has 122 valence electrons. The molecule has 0 aromatic heterocycles. The molecule has 1 saturated carbocycles. The predicted octanol–water partition coefficient (Wildman–Crippen LogP) is 2.29. The number of rotatable bonds is 5. The number of nitrogens with one attached hydrogen (secondary N) is 2. The normalized spacial score (nSPS) is 22.3. The fourth-order valence-corrected chi connectivity index (χ4v) is 3.95. The standard InChI is InChI=1S/C16H24N2O3S/c1-3-17-22(20,21)14-9-6-8-13(11-14)16(19)18-15-10-5-4-7-12(15)2/h6,8-9,11-12,15,17H,3-5,7,10H2,1-2H3,(H,18,19). The molecular formula is C16H24N2O3S. The summed E-state index contributed by atoms with van der Waals surface area (Å²) in [4.78, 5) is 12.5. The minimum absolute atomic E-state index is 0.124. The maximum atomic E-state index is 12.4. The molecule has 0 radical (unpaired) electrons. The van der Waals surface area contributed by atoms with E-state index in [0.29, 0.717) is 18.0 Å². The summed E-state index contributed by atoms with van der Waals surface area (Å²) in [5.74, 6) is 0.263. The van der Waals surface area contributed by atoms with Crippen LogP contribution in [0.5, 0.6) is 0 Å². The van der Waals surface area contributed by atoms with Crippen LogP contribution in [-0.2, 0) is 10.0 Å². The molecule has 0 saturated heterocycles. The maximum absolute atomic E-state index is 12.4. The summed E-state index contributed by atoms with van der Waals surface area (Å²) in [5.41, 5.74) is 0.386. The van der Waals surface area contributed by atoms with Gasteiger partial charge in [-0.2, -0.15) is 0 Å². The van der Waals surface area contributed by atoms with Crippen molar-refractivity contribution in [1.29, 1.82) is 0 Å². The molecule has 0 heterocycles. The van der Waals surface area contributed by atoms with Crippen molar-refractivity contribution in [3.05, 3.63) is 29.8 Å². The van der Waals surface area contributed by atoms with Crippen LogP contribution in [0.2, 0.25) is 0 Å². The van der Waals surface area contributed by atoms with Gasteiger partial charge < -0.3 is 5.32 Å². The second-order valence-electron chi connectivity index (χ2n) is 5.87. The largest absolute Gasteiger partial charge is 0.349 e. The summed E-state index contributed by atoms with van der Waals surface area (Å²) in [6, 6.07) is 6.35. The molecule has 0 aliphatic heterocycles. The topological polar surface area (TPSA) is 75.3 Å². The first-order valence-corrected chi connectivity index (χ1v) is 9.33. The smallest absolute Gasteiger partial charge is 0.251 e. The van der Waals surface area contributed by atoms with Crippen LogP contribution in [0.25, 0.3) is 0 Å². The van der Waals surface area contributed by atoms with Crippen LogP contribution < -0.4 is 10.0 Å². The Morgan fingerprint density at radius 2 is 2.00 bits per heavy atom. The van der Waals surface area contributed by atoms with E-state index in [0.717, 1.165) is 19.3 Å². The van der Waals surface area contributed by atoms with Crippen molar-refractivity contribution in [3.63, 3.8) is 0 Å². The van der Waals surface area contributed by atoms with Gasteiger partial charge in [-0.3, -0.25) is 4.79 Å². The number of hydrogen-bond donors (Lipinski definition) is 2. The Balaban J connectivity index is 2.13. The molecule has 0 bridgehead atoms. The number of benzene rings is 1. The summed E-state index contributed by atoms with van der Waals surface area (Å²) >= 11 is 0. The molecule has 1 aromatic rings. The van der Waals surface area contributed by atoms with Gasteiger partial charge in [-0.25, -0.2) is 13.1 Å². The average molecular weight is 324 g/mol. The van der Waals surface area contributed by atoms with E-state index in [1.807, 2.05) is 0 Å². The first-order chi connectivity index (χ1) is 10.4. The zero-order valence-electron chi connectivity index (χ0n) is 13.1. The lowest BCUT2D eigenvalue weighted by atomic mass is 9.86. The van der Waals surface area contributed by atoms with Gasteiger partial charge in [0.15, 0.2) is 0 Å². The molecule has 2 N–H and O–H groups in total. The molecule has 5 nitrogen and oxygen atoms in total. The van der Waals surface area contributed by atoms with Gasteiger partial charge in [0.2, 0.25) is 10.0 Å². The molecule has 0 spiro atoms. The van der Waals surface area contributed by atoms with Crippen LogP contribution in [0.15, 0.2) is 29.2 Å². The van der Waals surface area contributed by atoms with E-state index in [9.17, 15) is 13.2 Å². The molecule has 1 aliphatic rings. The SMILES string of the molecule is CCNS(=O)(=O)c1cccc(C(=O)NC2CCCCC2C)c1. The van der Waals surface area contributed by atoms with E-state index in [2.05, 4.69) is 17.0 Å². The van der Waals surface area contributed by atoms with Crippen LogP contribution in [0, 0.1) is 5.92 Å². The monoisotopic (exact) mass is 324 g/mol. The van der Waals surface area contributed by atoms with Crippen molar-refractivity contribution in [1.82, 2.24) is 10.0 Å². The summed E-state index contributed by atoms with van der Waals surface area (Å²) < 4.78 is 26.4. The van der Waals surface area contributed by atoms with Crippen molar-refractivity contribution in [2.24, 2.45) is 5.92 Å². The van der Waals surface area contributed by atoms with Gasteiger partial charge >= 0.3 is 0 Å². The lowest BCUT2D eigenvalue weighted by Gasteiger charge is -2.29. The highest BCUT2D eigenvalue weighted by molar-refractivity contribution is 7.89. The molecule has 1 aromatic carbocycles. The Kier molecular flexibility index (Phi) is 5.58. The number of amides is 1. The van der Waals surface area contributed by atoms with E-state index in [1.54, 1.807) is 19.1 Å². The Morgan fingerprint density at radius 1 is 1.27 bits per heavy atom. The van der Waals surface area contributed by atoms with Crippen LogP contribution in [0.4, 0.5) is 0 Å². The van der Waals surface area contributed by atoms with Crippen molar-refractivity contribution >= 4 is 15.9 Å². The third kappa shape index (κ3) is 4.08. The Labute approximate surface area is 132 Å². The zero-order valence-corrected chi connectivity index (χ0v) is 13.9. The van der Waals surface area contributed by atoms with Crippen LogP contribution in [0.1, 0.15) is 49.9 Å². The second-order valence-corrected chi connectivity index (χ2v) is 7.64. The first kappa shape index (κ1) is 17.0. The average Bonchev–Trinajstić information content (AvgIpc) is 2.49. The maximum Gasteiger partial charge on any atom is 0.251 e. The van der Waals surface area contributed by atoms with Crippen molar-refractivity contribution in [2.75, 3.05) is 6.54 Å². The van der Waals surface area contributed by atoms with Gasteiger partial charge in [-0.05, 0) is 37.0 Å². The van der Waals surface area contributed by atoms with E-state index >= 15 is 0 Å². The Hall–Kier alpha value is -1.40. The third-order valence-electron chi connectivity index (χ3n) is 4.17. The van der Waals surface area contributed by atoms with E-state index in [1.165, 1.54) is 18.6 Å². The quantitative estimate of drug-likeness (QED) is 0.872. The van der Waals surface area contributed by atoms with Gasteiger partial charge in [0.1, 0.15) is 0 Å². The lowest BCUT2D eigenvalue weighted by Crippen LogP contribution is -2.41. The van der Waals surface area contributed by atoms with Crippen LogP contribution in [0.3, 0.4) is 0 Å². The minimum atomic E-state index is -3.54. The summed E-state index contributed by atoms with van der Waals surface area (Å²) in [6.07, 6.45) is 4.45. The van der Waals surface area contributed by atoms with E-state index in [-0.39, 0.29) is 16.8 Å². The number of carbonyl (C=O) groups excluding carboxylic acids is 1. The molecule has 2 rings (SSSR count). The fourth-order valence-electron chi connectivity index (χ4n) is 2.86. The number of hydrogen-bond acceptors (Lipinski definition) is 3. The van der Waals surface area contributed by atoms with E-state index in [4.69, 9.17) is 0 Å². The summed E-state index contributed by atoms with van der Waals surface area (Å²) in [5, 5.41) is 3.04. The van der Waals surface area contributed by atoms with Gasteiger partial charge in [0, 0.05) is 18.2 Å². The van der Waals surface area contributed by atoms with E-state index < -0.39 is 10.0 Å². The van der Waals surface area contributed by atoms with Gasteiger partial charge in [-0.15, -0.1) is 0 Å². The van der Waals surface area contributed by atoms with Crippen LogP contribution >= 0.6 is 0 Å². The molecular weight excluding hydrogens is 300 g/mol. The molecule has 2 unspecified atom stereocenters. The molecule has 2 atom stereocenters. The highest BCUT2D eigenvalue weighted by Crippen LogP contribution is 2.24. The molecule has 6 heteroatoms. The lowest BCUT2D eigenvalue weighted by molar-refractivity contribution is 0.0910. The third-order valence-corrected chi connectivity index (χ3v) is 5.71. The molecule has 1 fully saturated rings. The van der Waals surface area contributed by atoms with Gasteiger partial charge in [0.25, 0.3) is 5.91 Å². The van der Waals surface area contributed by atoms with Crippen LogP contribution in [-0.4, -0.2) is 26.9 Å². The van der Waals surface area contributed by atoms with Gasteiger partial charge in [0.05, 0.1) is 4.90 Å². The Morgan fingerprint density at radius 3 is 2.68 bits per heavy atom. The molecule has 1 amide bonds. The van der Waals surface area contributed by atoms with Gasteiger partial charge in [-0.1, -0.05) is 32.8 Å². The summed E-state index contributed by atoms with van der Waals surface area (Å²) in [7, 11) is -3.54. The predicted molar refractivity (Wildman–Crippen MR) is 86.2 cm³/mol. The second kappa shape index (κ2) is 7.24. The first-order valence-electron chi connectivity index (χ1n) is 7.84. The number of carbonyl (C=O) groups is 1. The number of sulfonamides is 1. The summed E-state index contributed by atoms with van der Waals surface area (Å²) in [6.45, 7) is 4.19. The zero-order chi connectivity index (χ0) is 16.2. The molecule has 1 aliphatic carbocycles. The highest BCUT2D eigenvalue weighted by atomic mass is 32.2.